The van der Waals surface area contributed by atoms with Gasteiger partial charge in [-0.1, -0.05) is 39.0 Å². The average molecular weight is 590 g/mol. The molecule has 42 heavy (non-hydrogen) atoms. The van der Waals surface area contributed by atoms with Crippen molar-refractivity contribution in [3.63, 3.8) is 0 Å². The van der Waals surface area contributed by atoms with E-state index in [-0.39, 0.29) is 47.5 Å². The third-order valence-corrected chi connectivity index (χ3v) is 8.83. The Bertz CT molecular complexity index is 883. The van der Waals surface area contributed by atoms with E-state index in [1.807, 2.05) is 0 Å². The molecule has 0 saturated carbocycles. The number of aliphatic hydroxyl groups is 2. The highest BCUT2D eigenvalue weighted by atomic mass is 16.3. The molecule has 3 rings (SSSR count). The van der Waals surface area contributed by atoms with E-state index < -0.39 is 0 Å². The number of hydrogen-bond donors (Lipinski definition) is 4. The summed E-state index contributed by atoms with van der Waals surface area (Å²) in [5.74, 6) is 2.13. The van der Waals surface area contributed by atoms with Gasteiger partial charge in [0.1, 0.15) is 5.82 Å². The molecular formula is C33H63N7O2. The Morgan fingerprint density at radius 3 is 1.38 bits per heavy atom. The Hall–Kier alpha value is -1.55. The number of rotatable bonds is 15. The van der Waals surface area contributed by atoms with Crippen LogP contribution in [0.25, 0.3) is 0 Å². The zero-order chi connectivity index (χ0) is 31.2. The second kappa shape index (κ2) is 14.5. The molecule has 0 bridgehead atoms. The van der Waals surface area contributed by atoms with Crippen LogP contribution in [0.3, 0.4) is 0 Å². The zero-order valence-electron chi connectivity index (χ0n) is 28.4. The highest BCUT2D eigenvalue weighted by Crippen LogP contribution is 2.35. The molecule has 2 saturated heterocycles. The molecule has 0 aliphatic carbocycles. The number of aromatic nitrogens is 3. The van der Waals surface area contributed by atoms with E-state index in [1.54, 1.807) is 0 Å². The molecule has 1 aromatic heterocycles. The number of aliphatic hydroxyl groups excluding tert-OH is 2. The maximum absolute atomic E-state index is 10.2. The molecule has 4 N–H and O–H groups in total. The molecule has 0 aromatic carbocycles. The number of aryl methyl sites for hydroxylation is 1. The number of hydrogen-bond acceptors (Lipinski definition) is 9. The molecule has 3 heterocycles. The number of nitrogens with one attached hydrogen (secondary N) is 2. The summed E-state index contributed by atoms with van der Waals surface area (Å²) in [6.07, 6.45) is 11.8. The van der Waals surface area contributed by atoms with Gasteiger partial charge in [0.25, 0.3) is 0 Å². The molecule has 0 radical (unpaired) electrons. The molecule has 242 valence electrons. The van der Waals surface area contributed by atoms with Crippen molar-refractivity contribution < 1.29 is 10.2 Å². The molecule has 0 spiro atoms. The normalized spacial score (nSPS) is 21.8. The van der Waals surface area contributed by atoms with Crippen molar-refractivity contribution in [1.82, 2.24) is 25.6 Å². The lowest BCUT2D eigenvalue weighted by molar-refractivity contribution is 0.154. The summed E-state index contributed by atoms with van der Waals surface area (Å²) in [6.45, 7) is 21.3. The minimum Gasteiger partial charge on any atom is -0.395 e. The van der Waals surface area contributed by atoms with Crippen LogP contribution in [0.15, 0.2) is 0 Å². The fourth-order valence-electron chi connectivity index (χ4n) is 7.91. The van der Waals surface area contributed by atoms with Gasteiger partial charge in [-0.15, -0.1) is 0 Å². The van der Waals surface area contributed by atoms with Gasteiger partial charge in [0.2, 0.25) is 11.9 Å². The Morgan fingerprint density at radius 1 is 0.619 bits per heavy atom. The number of unbranched alkanes of at least 4 members (excludes halogenated alkanes) is 5. The van der Waals surface area contributed by atoms with Crippen LogP contribution in [0.4, 0.5) is 11.9 Å². The first-order valence-electron chi connectivity index (χ1n) is 16.7. The largest absolute Gasteiger partial charge is 0.395 e. The van der Waals surface area contributed by atoms with Crippen LogP contribution >= 0.6 is 0 Å². The summed E-state index contributed by atoms with van der Waals surface area (Å²) in [6, 6.07) is 0.368. The average Bonchev–Trinajstić information content (AvgIpc) is 2.84. The quantitative estimate of drug-likeness (QED) is 0.210. The Labute approximate surface area is 256 Å². The minimum atomic E-state index is -0.0491. The minimum absolute atomic E-state index is 0.0373. The Morgan fingerprint density at radius 2 is 1.00 bits per heavy atom. The standard InChI is InChI=1S/C33H63N7O2/c1-10-11-12-13-14-15-16-27-34-28(39(17-19-41)25-21-30(2,3)37-31(4,5)22-25)36-29(35-27)40(18-20-42)26-23-32(6,7)38-33(8,9)24-26/h25-26,37-38,41-42H,10-24H2,1-9H3. The number of piperidine rings is 2. The van der Waals surface area contributed by atoms with Crippen LogP contribution in [0.1, 0.15) is 132 Å². The van der Waals surface area contributed by atoms with Gasteiger partial charge in [0, 0.05) is 53.7 Å². The molecule has 0 amide bonds. The van der Waals surface area contributed by atoms with Gasteiger partial charge in [-0.25, -0.2) is 0 Å². The van der Waals surface area contributed by atoms with Crippen LogP contribution in [0.5, 0.6) is 0 Å². The SMILES string of the molecule is CCCCCCCCc1nc(N(CCO)C2CC(C)(C)NC(C)(C)C2)nc(N(CCO)C2CC(C)(C)NC(C)(C)C2)n1. The lowest BCUT2D eigenvalue weighted by atomic mass is 9.79. The summed E-state index contributed by atoms with van der Waals surface area (Å²) in [5.41, 5.74) is -0.196. The van der Waals surface area contributed by atoms with E-state index >= 15 is 0 Å². The van der Waals surface area contributed by atoms with E-state index in [9.17, 15) is 10.2 Å². The molecule has 2 aliphatic heterocycles. The van der Waals surface area contributed by atoms with E-state index in [2.05, 4.69) is 82.7 Å². The molecule has 2 aliphatic rings. The van der Waals surface area contributed by atoms with Crippen molar-refractivity contribution in [2.24, 2.45) is 0 Å². The molecule has 0 unspecified atom stereocenters. The van der Waals surface area contributed by atoms with Gasteiger partial charge in [-0.05, 0) is 87.5 Å². The molecule has 0 atom stereocenters. The zero-order valence-corrected chi connectivity index (χ0v) is 28.4. The van der Waals surface area contributed by atoms with Crippen molar-refractivity contribution in [1.29, 1.82) is 0 Å². The smallest absolute Gasteiger partial charge is 0.230 e. The van der Waals surface area contributed by atoms with Crippen molar-refractivity contribution in [2.45, 2.75) is 167 Å². The summed E-state index contributed by atoms with van der Waals surface area (Å²) < 4.78 is 0. The summed E-state index contributed by atoms with van der Waals surface area (Å²) in [4.78, 5) is 19.8. The van der Waals surface area contributed by atoms with Crippen LogP contribution in [0.2, 0.25) is 0 Å². The van der Waals surface area contributed by atoms with Gasteiger partial charge in [0.15, 0.2) is 0 Å². The van der Waals surface area contributed by atoms with Crippen LogP contribution in [-0.4, -0.2) is 85.7 Å². The second-order valence-corrected chi connectivity index (χ2v) is 15.6. The maximum atomic E-state index is 10.2. The fraction of sp³-hybridized carbons (Fsp3) is 0.909. The van der Waals surface area contributed by atoms with Crippen LogP contribution in [-0.2, 0) is 6.42 Å². The van der Waals surface area contributed by atoms with E-state index in [1.165, 1.54) is 32.1 Å². The first-order chi connectivity index (χ1) is 19.6. The number of anilines is 2. The molecular weight excluding hydrogens is 526 g/mol. The predicted octanol–water partition coefficient (Wildman–Crippen LogP) is 4.99. The monoisotopic (exact) mass is 590 g/mol. The third kappa shape index (κ3) is 10.3. The van der Waals surface area contributed by atoms with Gasteiger partial charge < -0.3 is 30.6 Å². The lowest BCUT2D eigenvalue weighted by Gasteiger charge is -2.50. The van der Waals surface area contributed by atoms with Gasteiger partial charge in [-0.3, -0.25) is 0 Å². The summed E-state index contributed by atoms with van der Waals surface area (Å²) in [7, 11) is 0. The maximum Gasteiger partial charge on any atom is 0.230 e. The van der Waals surface area contributed by atoms with Crippen molar-refractivity contribution in [2.75, 3.05) is 36.1 Å². The highest BCUT2D eigenvalue weighted by molar-refractivity contribution is 5.42. The molecule has 1 aromatic rings. The van der Waals surface area contributed by atoms with E-state index in [0.717, 1.165) is 44.3 Å². The first-order valence-corrected chi connectivity index (χ1v) is 16.7. The van der Waals surface area contributed by atoms with Crippen molar-refractivity contribution in [3.05, 3.63) is 5.82 Å². The van der Waals surface area contributed by atoms with Crippen LogP contribution in [0, 0.1) is 0 Å². The van der Waals surface area contributed by atoms with Crippen molar-refractivity contribution in [3.8, 4) is 0 Å². The van der Waals surface area contributed by atoms with E-state index in [4.69, 9.17) is 15.0 Å². The molecule has 9 nitrogen and oxygen atoms in total. The molecule has 9 heteroatoms. The topological polar surface area (TPSA) is 110 Å². The van der Waals surface area contributed by atoms with Gasteiger partial charge in [0.05, 0.1) is 13.2 Å². The Balaban J connectivity index is 2.02. The number of nitrogens with zero attached hydrogens (tertiary/aromatic N) is 5. The molecule has 2 fully saturated rings. The third-order valence-electron chi connectivity index (χ3n) is 8.83. The van der Waals surface area contributed by atoms with E-state index in [0.29, 0.717) is 25.0 Å². The van der Waals surface area contributed by atoms with Crippen molar-refractivity contribution >= 4 is 11.9 Å². The van der Waals surface area contributed by atoms with Gasteiger partial charge >= 0.3 is 0 Å². The fourth-order valence-corrected chi connectivity index (χ4v) is 7.91. The highest BCUT2D eigenvalue weighted by Gasteiger charge is 2.42. The Kier molecular flexibility index (Phi) is 12.0. The predicted molar refractivity (Wildman–Crippen MR) is 174 cm³/mol. The van der Waals surface area contributed by atoms with Gasteiger partial charge in [-0.2, -0.15) is 15.0 Å². The summed E-state index contributed by atoms with van der Waals surface area (Å²) >= 11 is 0. The summed E-state index contributed by atoms with van der Waals surface area (Å²) in [5, 5.41) is 28.0. The first kappa shape index (κ1) is 34.9. The second-order valence-electron chi connectivity index (χ2n) is 15.6. The lowest BCUT2D eigenvalue weighted by Crippen LogP contribution is -2.63. The van der Waals surface area contributed by atoms with Crippen LogP contribution < -0.4 is 20.4 Å².